The molecule has 0 saturated heterocycles. The Hall–Kier alpha value is -1.77. The van der Waals surface area contributed by atoms with Crippen molar-refractivity contribution in [3.63, 3.8) is 0 Å². The summed E-state index contributed by atoms with van der Waals surface area (Å²) in [6, 6.07) is 4.94. The van der Waals surface area contributed by atoms with Crippen molar-refractivity contribution < 1.29 is 14.3 Å². The first-order valence-corrected chi connectivity index (χ1v) is 6.86. The molecule has 0 atom stereocenters. The molecule has 21 heavy (non-hydrogen) atoms. The van der Waals surface area contributed by atoms with E-state index in [9.17, 15) is 9.59 Å². The Labute approximate surface area is 133 Å². The van der Waals surface area contributed by atoms with Gasteiger partial charge in [0.1, 0.15) is 5.02 Å². The first-order valence-electron chi connectivity index (χ1n) is 6.11. The zero-order chi connectivity index (χ0) is 16.0. The molecule has 0 spiro atoms. The van der Waals surface area contributed by atoms with Crippen LogP contribution >= 0.6 is 23.2 Å². The maximum Gasteiger partial charge on any atom is 0.260 e. The maximum atomic E-state index is 11.8. The molecule has 1 rings (SSSR count). The molecule has 112 valence electrons. The monoisotopic (exact) mass is 328 g/mol. The molecule has 5 nitrogen and oxygen atoms in total. The normalized spacial score (nSPS) is 9.86. The van der Waals surface area contributed by atoms with Crippen LogP contribution in [0.2, 0.25) is 10.0 Å². The lowest BCUT2D eigenvalue weighted by Gasteiger charge is -2.17. The number of halogens is 2. The minimum atomic E-state index is -0.323. The molecule has 0 fully saturated rings. The van der Waals surface area contributed by atoms with Gasteiger partial charge in [-0.05, 0) is 19.1 Å². The Balaban J connectivity index is 2.84. The van der Waals surface area contributed by atoms with Crippen molar-refractivity contribution in [1.82, 2.24) is 4.90 Å². The predicted molar refractivity (Wildman–Crippen MR) is 79.8 cm³/mol. The number of carbonyl (C=O) groups is 2. The van der Waals surface area contributed by atoms with E-state index in [1.54, 1.807) is 7.05 Å². The second kappa shape index (κ2) is 7.87. The molecule has 0 heterocycles. The summed E-state index contributed by atoms with van der Waals surface area (Å²) in [6.07, 6.45) is 0.235. The highest BCUT2D eigenvalue weighted by atomic mass is 35.5. The van der Waals surface area contributed by atoms with Gasteiger partial charge in [-0.15, -0.1) is 0 Å². The van der Waals surface area contributed by atoms with Crippen LogP contribution in [0.5, 0.6) is 5.75 Å². The number of ether oxygens (including phenoxy) is 1. The number of hydrogen-bond acceptors (Lipinski definition) is 4. The lowest BCUT2D eigenvalue weighted by molar-refractivity contribution is -0.131. The molecule has 0 radical (unpaired) electrons. The zero-order valence-electron chi connectivity index (χ0n) is 11.7. The highest BCUT2D eigenvalue weighted by Crippen LogP contribution is 2.35. The van der Waals surface area contributed by atoms with Crippen molar-refractivity contribution >= 4 is 34.9 Å². The van der Waals surface area contributed by atoms with Crippen LogP contribution in [0.15, 0.2) is 12.1 Å². The molecule has 7 heteroatoms. The Kier molecular flexibility index (Phi) is 6.47. The number of amides is 1. The van der Waals surface area contributed by atoms with Gasteiger partial charge in [0.25, 0.3) is 5.91 Å². The number of rotatable bonds is 6. The van der Waals surface area contributed by atoms with Crippen molar-refractivity contribution in [2.24, 2.45) is 0 Å². The number of benzene rings is 1. The van der Waals surface area contributed by atoms with Gasteiger partial charge < -0.3 is 9.64 Å². The van der Waals surface area contributed by atoms with Crippen molar-refractivity contribution in [2.45, 2.75) is 13.3 Å². The summed E-state index contributed by atoms with van der Waals surface area (Å²) in [5.74, 6) is -0.469. The molecular formula is C14H14Cl2N2O3. The Morgan fingerprint density at radius 1 is 1.38 bits per heavy atom. The number of hydrogen-bond donors (Lipinski definition) is 0. The average molecular weight is 329 g/mol. The Morgan fingerprint density at radius 3 is 2.62 bits per heavy atom. The summed E-state index contributed by atoms with van der Waals surface area (Å²) in [7, 11) is 1.56. The van der Waals surface area contributed by atoms with Crippen LogP contribution < -0.4 is 4.74 Å². The van der Waals surface area contributed by atoms with Gasteiger partial charge in [0, 0.05) is 13.6 Å². The van der Waals surface area contributed by atoms with Crippen LogP contribution in [-0.4, -0.2) is 36.8 Å². The summed E-state index contributed by atoms with van der Waals surface area (Å²) in [5.41, 5.74) is 0.261. The number of nitriles is 1. The third-order valence-electron chi connectivity index (χ3n) is 2.75. The van der Waals surface area contributed by atoms with E-state index >= 15 is 0 Å². The number of ketones is 1. The van der Waals surface area contributed by atoms with Crippen molar-refractivity contribution in [2.75, 3.05) is 20.2 Å². The SMILES string of the molecule is CC(=O)c1ccc(Cl)c(Cl)c1OCC(=O)N(C)CCC#N. The summed E-state index contributed by atoms with van der Waals surface area (Å²) < 4.78 is 5.36. The van der Waals surface area contributed by atoms with Gasteiger partial charge >= 0.3 is 0 Å². The molecule has 1 aromatic rings. The van der Waals surface area contributed by atoms with E-state index in [-0.39, 0.29) is 46.1 Å². The highest BCUT2D eigenvalue weighted by Gasteiger charge is 2.17. The third kappa shape index (κ3) is 4.62. The minimum absolute atomic E-state index is 0.0943. The number of likely N-dealkylation sites (N-methyl/N-ethyl adjacent to an activating group) is 1. The Morgan fingerprint density at radius 2 is 2.05 bits per heavy atom. The number of carbonyl (C=O) groups excluding carboxylic acids is 2. The van der Waals surface area contributed by atoms with Crippen LogP contribution in [0.1, 0.15) is 23.7 Å². The Bertz CT molecular complexity index is 597. The summed E-state index contributed by atoms with van der Waals surface area (Å²) in [5, 5.41) is 8.81. The molecular weight excluding hydrogens is 315 g/mol. The minimum Gasteiger partial charge on any atom is -0.481 e. The average Bonchev–Trinajstić information content (AvgIpc) is 2.45. The van der Waals surface area contributed by atoms with Gasteiger partial charge in [0.05, 0.1) is 23.1 Å². The van der Waals surface area contributed by atoms with Gasteiger partial charge in [-0.1, -0.05) is 23.2 Å². The van der Waals surface area contributed by atoms with E-state index in [2.05, 4.69) is 0 Å². The van der Waals surface area contributed by atoms with Gasteiger partial charge in [0.2, 0.25) is 0 Å². The largest absolute Gasteiger partial charge is 0.481 e. The fourth-order valence-electron chi connectivity index (χ4n) is 1.54. The van der Waals surface area contributed by atoms with E-state index in [0.717, 1.165) is 0 Å². The standard InChI is InChI=1S/C14H14Cl2N2O3/c1-9(19)10-4-5-11(15)13(16)14(10)21-8-12(20)18(2)7-3-6-17/h4-5H,3,7-8H2,1-2H3. The van der Waals surface area contributed by atoms with Crippen LogP contribution in [-0.2, 0) is 4.79 Å². The van der Waals surface area contributed by atoms with E-state index in [1.165, 1.54) is 24.0 Å². The maximum absolute atomic E-state index is 11.8. The summed E-state index contributed by atoms with van der Waals surface area (Å²) >= 11 is 11.9. The lowest BCUT2D eigenvalue weighted by atomic mass is 10.1. The molecule has 0 aliphatic heterocycles. The van der Waals surface area contributed by atoms with E-state index in [0.29, 0.717) is 6.54 Å². The molecule has 0 bridgehead atoms. The van der Waals surface area contributed by atoms with Gasteiger partial charge in [-0.2, -0.15) is 5.26 Å². The number of Topliss-reactive ketones (excluding diaryl/α,β-unsaturated/α-hetero) is 1. The highest BCUT2D eigenvalue weighted by molar-refractivity contribution is 6.43. The van der Waals surface area contributed by atoms with Crippen LogP contribution in [0.25, 0.3) is 0 Å². The third-order valence-corrected chi connectivity index (χ3v) is 3.54. The van der Waals surface area contributed by atoms with Crippen LogP contribution in [0.3, 0.4) is 0 Å². The quantitative estimate of drug-likeness (QED) is 0.753. The summed E-state index contributed by atoms with van der Waals surface area (Å²) in [4.78, 5) is 24.7. The predicted octanol–water partition coefficient (Wildman–Crippen LogP) is 2.95. The van der Waals surface area contributed by atoms with Crippen LogP contribution in [0, 0.1) is 11.3 Å². The molecule has 0 aromatic heterocycles. The fraction of sp³-hybridized carbons (Fsp3) is 0.357. The fourth-order valence-corrected chi connectivity index (χ4v) is 1.91. The molecule has 0 unspecified atom stereocenters. The van der Waals surface area contributed by atoms with Crippen molar-refractivity contribution in [3.8, 4) is 11.8 Å². The van der Waals surface area contributed by atoms with Gasteiger partial charge in [0.15, 0.2) is 18.1 Å². The molecule has 0 saturated carbocycles. The molecule has 1 aromatic carbocycles. The first-order chi connectivity index (χ1) is 9.88. The molecule has 0 N–H and O–H groups in total. The van der Waals surface area contributed by atoms with E-state index in [1.807, 2.05) is 6.07 Å². The first kappa shape index (κ1) is 17.3. The van der Waals surface area contributed by atoms with E-state index in [4.69, 9.17) is 33.2 Å². The van der Waals surface area contributed by atoms with Crippen LogP contribution in [0.4, 0.5) is 0 Å². The molecule has 0 aliphatic carbocycles. The summed E-state index contributed by atoms with van der Waals surface area (Å²) in [6.45, 7) is 1.39. The smallest absolute Gasteiger partial charge is 0.260 e. The van der Waals surface area contributed by atoms with Crippen molar-refractivity contribution in [1.29, 1.82) is 5.26 Å². The lowest BCUT2D eigenvalue weighted by Crippen LogP contribution is -2.32. The van der Waals surface area contributed by atoms with E-state index < -0.39 is 0 Å². The number of nitrogens with zero attached hydrogens (tertiary/aromatic N) is 2. The van der Waals surface area contributed by atoms with Gasteiger partial charge in [-0.25, -0.2) is 0 Å². The second-order valence-electron chi connectivity index (χ2n) is 4.31. The second-order valence-corrected chi connectivity index (χ2v) is 5.09. The van der Waals surface area contributed by atoms with Gasteiger partial charge in [-0.3, -0.25) is 9.59 Å². The topological polar surface area (TPSA) is 70.4 Å². The van der Waals surface area contributed by atoms with Crippen molar-refractivity contribution in [3.05, 3.63) is 27.7 Å². The molecule has 1 amide bonds. The molecule has 0 aliphatic rings. The zero-order valence-corrected chi connectivity index (χ0v) is 13.2.